The number of sulfonamides is 1. The van der Waals surface area contributed by atoms with E-state index in [0.29, 0.717) is 23.7 Å². The molecule has 1 aliphatic carbocycles. The van der Waals surface area contributed by atoms with E-state index in [1.165, 1.54) is 59.8 Å². The summed E-state index contributed by atoms with van der Waals surface area (Å²) in [6, 6.07) is 9.85. The first kappa shape index (κ1) is 38.2. The maximum Gasteiger partial charge on any atom is 0.387 e. The van der Waals surface area contributed by atoms with E-state index in [1.807, 2.05) is 0 Å². The van der Waals surface area contributed by atoms with Crippen LogP contribution in [0.15, 0.2) is 59.8 Å². The van der Waals surface area contributed by atoms with Crippen molar-refractivity contribution in [3.63, 3.8) is 0 Å². The van der Waals surface area contributed by atoms with Gasteiger partial charge in [-0.3, -0.25) is 4.79 Å². The molecule has 2 fully saturated rings. The van der Waals surface area contributed by atoms with Crippen LogP contribution >= 0.6 is 23.2 Å². The zero-order valence-corrected chi connectivity index (χ0v) is 28.8. The van der Waals surface area contributed by atoms with Crippen LogP contribution in [0.5, 0.6) is 11.5 Å². The lowest BCUT2D eigenvalue weighted by Crippen LogP contribution is -2.49. The molecule has 3 aromatic rings. The second-order valence-electron chi connectivity index (χ2n) is 11.5. The molecule has 0 unspecified atom stereocenters. The van der Waals surface area contributed by atoms with Crippen molar-refractivity contribution in [3.05, 3.63) is 81.6 Å². The van der Waals surface area contributed by atoms with Gasteiger partial charge in [0.05, 0.1) is 24.7 Å². The van der Waals surface area contributed by atoms with Crippen LogP contribution in [0.2, 0.25) is 10.0 Å². The minimum absolute atomic E-state index is 0. The summed E-state index contributed by atoms with van der Waals surface area (Å²) in [4.78, 5) is 30.1. The van der Waals surface area contributed by atoms with Gasteiger partial charge in [0.15, 0.2) is 30.0 Å². The Bertz CT molecular complexity index is 1740. The number of nitrogens with zero attached hydrogens (tertiary/aromatic N) is 2. The molecule has 266 valence electrons. The Kier molecular flexibility index (Phi) is 12.8. The number of esters is 1. The number of amides is 1. The van der Waals surface area contributed by atoms with Crippen LogP contribution in [0.1, 0.15) is 40.4 Å². The van der Waals surface area contributed by atoms with Gasteiger partial charge in [0.2, 0.25) is 10.0 Å². The molecule has 0 spiro atoms. The standard InChI is InChI=1S/C32H33Cl2F2N3O8S.H2O/c1-38(2)30(40)21-4-3-5-22(12-21)48(42,43)39-10-11-44-29(17-39)31(41)46-27(14-23-24(33)15-37-16-25(23)34)20-8-9-26(47-32(35)36)28(13-20)45-18-19-6-7-19;/h3-5,8-9,12-13,15-16,19,27,29,32H,6-7,10-11,14,17-18H2,1-2H3;1H2/t27-,29-;/m0./s1. The Balaban J connectivity index is 0.00000541. The summed E-state index contributed by atoms with van der Waals surface area (Å²) in [5.74, 6) is -1.08. The number of ether oxygens (including phenoxy) is 4. The average molecular weight is 747 g/mol. The van der Waals surface area contributed by atoms with Crippen LogP contribution in [0, 0.1) is 5.92 Å². The van der Waals surface area contributed by atoms with Crippen LogP contribution < -0.4 is 14.5 Å². The highest BCUT2D eigenvalue weighted by atomic mass is 35.5. The van der Waals surface area contributed by atoms with E-state index >= 15 is 0 Å². The molecule has 2 aromatic carbocycles. The number of aromatic amines is 1. The van der Waals surface area contributed by atoms with Gasteiger partial charge in [0, 0.05) is 38.2 Å². The molecule has 5 rings (SSSR count). The Hall–Kier alpha value is -3.60. The number of hydrogen-bond donors (Lipinski definition) is 0. The summed E-state index contributed by atoms with van der Waals surface area (Å²) in [5.41, 5.74) is 0.983. The molecule has 2 aliphatic rings. The lowest BCUT2D eigenvalue weighted by molar-refractivity contribution is -0.377. The molecule has 1 saturated carbocycles. The van der Waals surface area contributed by atoms with E-state index in [4.69, 9.17) is 37.4 Å². The summed E-state index contributed by atoms with van der Waals surface area (Å²) in [7, 11) is -1.02. The first-order valence-electron chi connectivity index (χ1n) is 15.0. The van der Waals surface area contributed by atoms with Gasteiger partial charge in [-0.15, -0.1) is 0 Å². The Morgan fingerprint density at radius 2 is 1.80 bits per heavy atom. The number of carbonyl (C=O) groups excluding carboxylic acids is 2. The fourth-order valence-electron chi connectivity index (χ4n) is 5.01. The summed E-state index contributed by atoms with van der Waals surface area (Å²) in [6.45, 7) is -3.31. The Labute approximate surface area is 292 Å². The van der Waals surface area contributed by atoms with Crippen molar-refractivity contribution >= 4 is 45.1 Å². The second kappa shape index (κ2) is 16.4. The van der Waals surface area contributed by atoms with Crippen molar-refractivity contribution in [2.45, 2.75) is 43.0 Å². The number of morpholine rings is 1. The zero-order valence-electron chi connectivity index (χ0n) is 26.5. The fraction of sp³-hybridized carbons (Fsp3) is 0.406. The molecule has 1 aromatic heterocycles. The predicted octanol–water partition coefficient (Wildman–Crippen LogP) is 4.64. The summed E-state index contributed by atoms with van der Waals surface area (Å²) >= 11 is 12.8. The SMILES string of the molecule is CN(C)C(=O)c1cccc(S(=O)(=O)N2CCO[C@H](C(=O)O[C@@H](Cc3c(Cl)c[nH+]cc3Cl)c3ccc(OC(F)F)c(OCC4CC4)c3)C2)c1.[OH-]. The number of aromatic nitrogens is 1. The zero-order chi connectivity index (χ0) is 34.6. The molecule has 1 aliphatic heterocycles. The number of nitrogens with one attached hydrogen (secondary N) is 1. The molecule has 0 bridgehead atoms. The highest BCUT2D eigenvalue weighted by molar-refractivity contribution is 7.89. The summed E-state index contributed by atoms with van der Waals surface area (Å²) in [5, 5.41) is 0.514. The minimum atomic E-state index is -4.13. The number of hydrogen-bond acceptors (Lipinski definition) is 9. The molecule has 2 N–H and O–H groups in total. The van der Waals surface area contributed by atoms with Crippen molar-refractivity contribution in [1.29, 1.82) is 0 Å². The highest BCUT2D eigenvalue weighted by Gasteiger charge is 2.37. The monoisotopic (exact) mass is 745 g/mol. The molecule has 1 amide bonds. The van der Waals surface area contributed by atoms with Gasteiger partial charge in [-0.2, -0.15) is 13.1 Å². The number of alkyl halides is 2. The summed E-state index contributed by atoms with van der Waals surface area (Å²) < 4.78 is 76.7. The number of H-pyrrole nitrogens is 1. The van der Waals surface area contributed by atoms with Crippen LogP contribution in [0.3, 0.4) is 0 Å². The number of halogens is 4. The molecule has 12 nitrogen and oxygen atoms in total. The molecule has 2 heterocycles. The molecule has 49 heavy (non-hydrogen) atoms. The maximum absolute atomic E-state index is 13.6. The van der Waals surface area contributed by atoms with E-state index in [1.54, 1.807) is 14.1 Å². The summed E-state index contributed by atoms with van der Waals surface area (Å²) in [6.07, 6.45) is 2.49. The lowest BCUT2D eigenvalue weighted by Gasteiger charge is -2.32. The maximum atomic E-state index is 13.6. The van der Waals surface area contributed by atoms with Crippen molar-refractivity contribution in [2.24, 2.45) is 5.92 Å². The Morgan fingerprint density at radius 3 is 2.45 bits per heavy atom. The second-order valence-corrected chi connectivity index (χ2v) is 14.3. The van der Waals surface area contributed by atoms with Crippen LogP contribution in [-0.4, -0.2) is 88.1 Å². The topological polar surface area (TPSA) is 156 Å². The lowest BCUT2D eigenvalue weighted by atomic mass is 10.0. The van der Waals surface area contributed by atoms with Crippen LogP contribution in [0.4, 0.5) is 8.78 Å². The van der Waals surface area contributed by atoms with Crippen LogP contribution in [-0.2, 0) is 30.7 Å². The average Bonchev–Trinajstić information content (AvgIpc) is 3.89. The van der Waals surface area contributed by atoms with Gasteiger partial charge in [-0.25, -0.2) is 18.2 Å². The molecular formula is C32H35Cl2F2N3O9S. The third-order valence-corrected chi connectivity index (χ3v) is 10.3. The van der Waals surface area contributed by atoms with E-state index in [2.05, 4.69) is 9.72 Å². The van der Waals surface area contributed by atoms with Gasteiger partial charge in [0.25, 0.3) is 5.91 Å². The molecule has 2 atom stereocenters. The van der Waals surface area contributed by atoms with Gasteiger partial charge in [-0.05, 0) is 54.7 Å². The van der Waals surface area contributed by atoms with Crippen molar-refractivity contribution in [2.75, 3.05) is 40.4 Å². The first-order valence-corrected chi connectivity index (χ1v) is 17.2. The molecule has 0 radical (unpaired) electrons. The molecule has 1 saturated heterocycles. The van der Waals surface area contributed by atoms with Gasteiger partial charge in [-0.1, -0.05) is 35.3 Å². The number of benzene rings is 2. The van der Waals surface area contributed by atoms with E-state index in [9.17, 15) is 26.8 Å². The largest absolute Gasteiger partial charge is 0.870 e. The first-order chi connectivity index (χ1) is 22.8. The van der Waals surface area contributed by atoms with E-state index in [0.717, 1.165) is 17.1 Å². The normalized spacial score (nSPS) is 17.2. The third kappa shape index (κ3) is 9.55. The van der Waals surface area contributed by atoms with E-state index < -0.39 is 34.8 Å². The van der Waals surface area contributed by atoms with E-state index in [-0.39, 0.29) is 69.5 Å². The quantitative estimate of drug-likeness (QED) is 0.228. The van der Waals surface area contributed by atoms with Crippen LogP contribution in [0.25, 0.3) is 0 Å². The van der Waals surface area contributed by atoms with Gasteiger partial charge < -0.3 is 29.3 Å². The predicted molar refractivity (Wildman–Crippen MR) is 172 cm³/mol. The van der Waals surface area contributed by atoms with Crippen molar-refractivity contribution in [1.82, 2.24) is 9.21 Å². The van der Waals surface area contributed by atoms with Crippen molar-refractivity contribution < 1.29 is 56.2 Å². The molecular weight excluding hydrogens is 711 g/mol. The number of rotatable bonds is 13. The number of carbonyl (C=O) groups is 2. The highest BCUT2D eigenvalue weighted by Crippen LogP contribution is 2.38. The minimum Gasteiger partial charge on any atom is -0.870 e. The fourth-order valence-corrected chi connectivity index (χ4v) is 7.01. The smallest absolute Gasteiger partial charge is 0.387 e. The van der Waals surface area contributed by atoms with Gasteiger partial charge in [0.1, 0.15) is 16.1 Å². The number of pyridine rings is 1. The van der Waals surface area contributed by atoms with Gasteiger partial charge >= 0.3 is 12.6 Å². The van der Waals surface area contributed by atoms with Crippen molar-refractivity contribution in [3.8, 4) is 11.5 Å². The molecule has 17 heteroatoms. The Morgan fingerprint density at radius 1 is 1.08 bits per heavy atom. The third-order valence-electron chi connectivity index (χ3n) is 7.79.